The quantitative estimate of drug-likeness (QED) is 0.396. The zero-order chi connectivity index (χ0) is 14.5. The topological polar surface area (TPSA) is 96.0 Å². The van der Waals surface area contributed by atoms with E-state index in [1.165, 1.54) is 0 Å². The molecule has 19 heavy (non-hydrogen) atoms. The standard InChI is InChI=1S/C13H27N3O2S/c1-11(2)7-10-19(17,18)16-13(12(14)15)8-5-3-4-6-9-13/h11,16H,3-10H2,1-2H3,(H3,14,15). The Morgan fingerprint density at radius 1 is 1.26 bits per heavy atom. The van der Waals surface area contributed by atoms with Crippen LogP contribution in [0.4, 0.5) is 0 Å². The van der Waals surface area contributed by atoms with Gasteiger partial charge in [0.25, 0.3) is 0 Å². The molecule has 1 aliphatic rings. The average Bonchev–Trinajstić information content (AvgIpc) is 2.53. The summed E-state index contributed by atoms with van der Waals surface area (Å²) in [4.78, 5) is 0. The normalized spacial score (nSPS) is 20.2. The Hall–Kier alpha value is -0.620. The second-order valence-corrected chi connectivity index (χ2v) is 7.86. The van der Waals surface area contributed by atoms with Crippen molar-refractivity contribution in [3.05, 3.63) is 0 Å². The fraction of sp³-hybridized carbons (Fsp3) is 0.923. The predicted molar refractivity (Wildman–Crippen MR) is 78.7 cm³/mol. The summed E-state index contributed by atoms with van der Waals surface area (Å²) in [7, 11) is -3.37. The molecule has 0 saturated heterocycles. The number of hydrogen-bond donors (Lipinski definition) is 3. The smallest absolute Gasteiger partial charge is 0.212 e. The second kappa shape index (κ2) is 6.70. The van der Waals surface area contributed by atoms with Crippen molar-refractivity contribution < 1.29 is 8.42 Å². The Bertz CT molecular complexity index is 396. The third-order valence-corrected chi connectivity index (χ3v) is 5.26. The first kappa shape index (κ1) is 16.4. The SMILES string of the molecule is CC(C)CCS(=O)(=O)NC1(C(=N)N)CCCCCC1. The molecule has 0 aromatic heterocycles. The molecule has 1 fully saturated rings. The van der Waals surface area contributed by atoms with Gasteiger partial charge in [-0.2, -0.15) is 0 Å². The van der Waals surface area contributed by atoms with Gasteiger partial charge in [0, 0.05) is 0 Å². The van der Waals surface area contributed by atoms with Gasteiger partial charge in [-0.3, -0.25) is 5.41 Å². The van der Waals surface area contributed by atoms with Crippen LogP contribution in [-0.4, -0.2) is 25.5 Å². The van der Waals surface area contributed by atoms with Crippen LogP contribution in [0.25, 0.3) is 0 Å². The molecule has 5 nitrogen and oxygen atoms in total. The predicted octanol–water partition coefficient (Wildman–Crippen LogP) is 1.98. The third kappa shape index (κ3) is 5.10. The molecule has 0 unspecified atom stereocenters. The van der Waals surface area contributed by atoms with E-state index in [0.29, 0.717) is 25.2 Å². The lowest BCUT2D eigenvalue weighted by molar-refractivity contribution is 0.432. The zero-order valence-corrected chi connectivity index (χ0v) is 12.9. The fourth-order valence-electron chi connectivity index (χ4n) is 2.50. The van der Waals surface area contributed by atoms with E-state index < -0.39 is 15.6 Å². The van der Waals surface area contributed by atoms with Crippen molar-refractivity contribution in [1.82, 2.24) is 4.72 Å². The van der Waals surface area contributed by atoms with Crippen LogP contribution in [-0.2, 0) is 10.0 Å². The van der Waals surface area contributed by atoms with Crippen LogP contribution < -0.4 is 10.5 Å². The molecule has 0 bridgehead atoms. The first-order valence-electron chi connectivity index (χ1n) is 7.13. The van der Waals surface area contributed by atoms with Crippen LogP contribution in [0.2, 0.25) is 0 Å². The van der Waals surface area contributed by atoms with E-state index >= 15 is 0 Å². The maximum Gasteiger partial charge on any atom is 0.212 e. The molecule has 0 aliphatic heterocycles. The molecule has 112 valence electrons. The third-order valence-electron chi connectivity index (χ3n) is 3.79. The minimum atomic E-state index is -3.37. The van der Waals surface area contributed by atoms with Crippen molar-refractivity contribution in [2.24, 2.45) is 11.7 Å². The van der Waals surface area contributed by atoms with Gasteiger partial charge in [0.05, 0.1) is 11.3 Å². The van der Waals surface area contributed by atoms with Crippen LogP contribution in [0.5, 0.6) is 0 Å². The minimum Gasteiger partial charge on any atom is -0.386 e. The van der Waals surface area contributed by atoms with E-state index in [1.807, 2.05) is 13.8 Å². The van der Waals surface area contributed by atoms with Gasteiger partial charge in [-0.05, 0) is 25.2 Å². The molecule has 0 amide bonds. The molecule has 1 aliphatic carbocycles. The van der Waals surface area contributed by atoms with Crippen molar-refractivity contribution >= 4 is 15.9 Å². The summed E-state index contributed by atoms with van der Waals surface area (Å²) < 4.78 is 27.0. The van der Waals surface area contributed by atoms with Crippen molar-refractivity contribution in [3.8, 4) is 0 Å². The van der Waals surface area contributed by atoms with Gasteiger partial charge in [-0.1, -0.05) is 39.5 Å². The first-order chi connectivity index (χ1) is 8.77. The van der Waals surface area contributed by atoms with E-state index in [-0.39, 0.29) is 11.6 Å². The van der Waals surface area contributed by atoms with Crippen LogP contribution in [0.1, 0.15) is 58.8 Å². The van der Waals surface area contributed by atoms with Gasteiger partial charge in [0.2, 0.25) is 10.0 Å². The maximum atomic E-state index is 12.2. The number of hydrogen-bond acceptors (Lipinski definition) is 3. The fourth-order valence-corrected chi connectivity index (χ4v) is 4.29. The van der Waals surface area contributed by atoms with Crippen LogP contribution in [0, 0.1) is 11.3 Å². The van der Waals surface area contributed by atoms with Gasteiger partial charge in [-0.25, -0.2) is 13.1 Å². The molecule has 1 rings (SSSR count). The highest BCUT2D eigenvalue weighted by Crippen LogP contribution is 2.28. The summed E-state index contributed by atoms with van der Waals surface area (Å²) in [6.07, 6.45) is 5.93. The molecule has 0 spiro atoms. The minimum absolute atomic E-state index is 0.0393. The molecule has 0 atom stereocenters. The second-order valence-electron chi connectivity index (χ2n) is 6.01. The van der Waals surface area contributed by atoms with Crippen molar-refractivity contribution in [2.45, 2.75) is 64.3 Å². The first-order valence-corrected chi connectivity index (χ1v) is 8.79. The molecule has 1 saturated carbocycles. The van der Waals surface area contributed by atoms with Gasteiger partial charge in [-0.15, -0.1) is 0 Å². The van der Waals surface area contributed by atoms with E-state index in [0.717, 1.165) is 25.7 Å². The lowest BCUT2D eigenvalue weighted by Gasteiger charge is -2.32. The van der Waals surface area contributed by atoms with Crippen molar-refractivity contribution in [1.29, 1.82) is 5.41 Å². The highest BCUT2D eigenvalue weighted by atomic mass is 32.2. The summed E-state index contributed by atoms with van der Waals surface area (Å²) in [5.74, 6) is 0.418. The largest absolute Gasteiger partial charge is 0.386 e. The molecule has 6 heteroatoms. The number of amidine groups is 1. The van der Waals surface area contributed by atoms with Gasteiger partial charge >= 0.3 is 0 Å². The van der Waals surface area contributed by atoms with Gasteiger partial charge < -0.3 is 5.73 Å². The molecule has 0 aromatic rings. The Labute approximate surface area is 116 Å². The Morgan fingerprint density at radius 3 is 2.21 bits per heavy atom. The Balaban J connectivity index is 2.80. The maximum absolute atomic E-state index is 12.2. The average molecular weight is 289 g/mol. The van der Waals surface area contributed by atoms with E-state index in [2.05, 4.69) is 4.72 Å². The number of nitrogens with one attached hydrogen (secondary N) is 2. The highest BCUT2D eigenvalue weighted by molar-refractivity contribution is 7.89. The van der Waals surface area contributed by atoms with Crippen molar-refractivity contribution in [3.63, 3.8) is 0 Å². The van der Waals surface area contributed by atoms with E-state index in [9.17, 15) is 8.42 Å². The Kier molecular flexibility index (Phi) is 5.80. The lowest BCUT2D eigenvalue weighted by Crippen LogP contribution is -2.57. The summed E-state index contributed by atoms with van der Waals surface area (Å²) in [5, 5.41) is 7.78. The molecule has 0 heterocycles. The number of sulfonamides is 1. The zero-order valence-electron chi connectivity index (χ0n) is 12.0. The lowest BCUT2D eigenvalue weighted by atomic mass is 9.90. The molecule has 0 radical (unpaired) electrons. The molecule has 4 N–H and O–H groups in total. The Morgan fingerprint density at radius 2 is 1.79 bits per heavy atom. The van der Waals surface area contributed by atoms with Crippen molar-refractivity contribution in [2.75, 3.05) is 5.75 Å². The van der Waals surface area contributed by atoms with E-state index in [4.69, 9.17) is 11.1 Å². The summed E-state index contributed by atoms with van der Waals surface area (Å²) in [6.45, 7) is 4.00. The van der Waals surface area contributed by atoms with E-state index in [1.54, 1.807) is 0 Å². The molecular formula is C13H27N3O2S. The highest BCUT2D eigenvalue weighted by Gasteiger charge is 2.37. The molecule has 0 aromatic carbocycles. The van der Waals surface area contributed by atoms with Gasteiger partial charge in [0.1, 0.15) is 5.84 Å². The summed E-state index contributed by atoms with van der Waals surface area (Å²) >= 11 is 0. The molecular weight excluding hydrogens is 262 g/mol. The number of nitrogens with two attached hydrogens (primary N) is 1. The van der Waals surface area contributed by atoms with Crippen LogP contribution >= 0.6 is 0 Å². The summed E-state index contributed by atoms with van der Waals surface area (Å²) in [5.41, 5.74) is 4.85. The number of rotatable bonds is 6. The summed E-state index contributed by atoms with van der Waals surface area (Å²) in [6, 6.07) is 0. The van der Waals surface area contributed by atoms with Crippen LogP contribution in [0.3, 0.4) is 0 Å². The van der Waals surface area contributed by atoms with Gasteiger partial charge in [0.15, 0.2) is 0 Å². The monoisotopic (exact) mass is 289 g/mol. The van der Waals surface area contributed by atoms with Crippen LogP contribution in [0.15, 0.2) is 0 Å².